The summed E-state index contributed by atoms with van der Waals surface area (Å²) in [6.45, 7) is 0.193. The van der Waals surface area contributed by atoms with Gasteiger partial charge in [-0.15, -0.1) is 0 Å². The van der Waals surface area contributed by atoms with Gasteiger partial charge in [0.25, 0.3) is 0 Å². The van der Waals surface area contributed by atoms with Crippen molar-refractivity contribution in [3.8, 4) is 0 Å². The standard InChI is InChI=1S/C29H29FN4O3/c1-33-28-23(16-32-33)14-21-9-6-10-22(26(21)27(28)30)18-34(29(36)20-7-4-3-5-8-20)24-13-19(15-31-17-24)11-12-25(35)37-2/h6,9-17,20H,3-5,7-8,18H2,1-2H3. The number of carbonyl (C=O) groups excluding carboxylic acids is 2. The predicted octanol–water partition coefficient (Wildman–Crippen LogP) is 5.56. The fourth-order valence-corrected chi connectivity index (χ4v) is 5.21. The number of esters is 1. The molecule has 37 heavy (non-hydrogen) atoms. The van der Waals surface area contributed by atoms with E-state index in [1.807, 2.05) is 30.3 Å². The van der Waals surface area contributed by atoms with Crippen molar-refractivity contribution in [3.05, 3.63) is 71.9 Å². The Balaban J connectivity index is 1.59. The Morgan fingerprint density at radius 3 is 2.73 bits per heavy atom. The minimum atomic E-state index is -0.478. The Morgan fingerprint density at radius 1 is 1.14 bits per heavy atom. The average molecular weight is 501 g/mol. The van der Waals surface area contributed by atoms with Gasteiger partial charge in [-0.25, -0.2) is 9.18 Å². The fraction of sp³-hybridized carbons (Fsp3) is 0.310. The number of benzene rings is 2. The van der Waals surface area contributed by atoms with Crippen LogP contribution in [0.5, 0.6) is 0 Å². The molecule has 190 valence electrons. The smallest absolute Gasteiger partial charge is 0.330 e. The molecular formula is C29H29FN4O3. The molecule has 0 spiro atoms. The number of halogens is 1. The Hall–Kier alpha value is -4.07. The van der Waals surface area contributed by atoms with Crippen LogP contribution in [0.3, 0.4) is 0 Å². The number of amides is 1. The highest BCUT2D eigenvalue weighted by Crippen LogP contribution is 2.33. The molecule has 0 radical (unpaired) electrons. The summed E-state index contributed by atoms with van der Waals surface area (Å²) in [5, 5.41) is 6.19. The van der Waals surface area contributed by atoms with Gasteiger partial charge in [-0.2, -0.15) is 5.10 Å². The molecule has 8 heteroatoms. The van der Waals surface area contributed by atoms with E-state index in [1.54, 1.807) is 36.6 Å². The van der Waals surface area contributed by atoms with Crippen molar-refractivity contribution in [2.24, 2.45) is 13.0 Å². The van der Waals surface area contributed by atoms with Crippen LogP contribution < -0.4 is 4.90 Å². The van der Waals surface area contributed by atoms with Gasteiger partial charge in [-0.3, -0.25) is 14.5 Å². The summed E-state index contributed by atoms with van der Waals surface area (Å²) in [5.41, 5.74) is 2.39. The van der Waals surface area contributed by atoms with Crippen LogP contribution in [0.2, 0.25) is 0 Å². The lowest BCUT2D eigenvalue weighted by Gasteiger charge is -2.30. The molecule has 0 saturated heterocycles. The largest absolute Gasteiger partial charge is 0.466 e. The molecule has 1 amide bonds. The van der Waals surface area contributed by atoms with E-state index in [0.29, 0.717) is 27.7 Å². The highest BCUT2D eigenvalue weighted by molar-refractivity contribution is 6.00. The van der Waals surface area contributed by atoms with Crippen LogP contribution in [0, 0.1) is 11.7 Å². The van der Waals surface area contributed by atoms with Gasteiger partial charge in [0.05, 0.1) is 31.7 Å². The van der Waals surface area contributed by atoms with Crippen molar-refractivity contribution >= 4 is 45.3 Å². The molecule has 2 aromatic carbocycles. The van der Waals surface area contributed by atoms with Gasteiger partial charge in [0.15, 0.2) is 5.82 Å². The van der Waals surface area contributed by atoms with E-state index in [1.165, 1.54) is 17.9 Å². The number of pyridine rings is 1. The maximum atomic E-state index is 15.9. The minimum absolute atomic E-state index is 0.00891. The maximum absolute atomic E-state index is 15.9. The summed E-state index contributed by atoms with van der Waals surface area (Å²) >= 11 is 0. The summed E-state index contributed by atoms with van der Waals surface area (Å²) in [6, 6.07) is 9.37. The lowest BCUT2D eigenvalue weighted by atomic mass is 9.88. The molecule has 7 nitrogen and oxygen atoms in total. The zero-order valence-electron chi connectivity index (χ0n) is 21.0. The van der Waals surface area contributed by atoms with Crippen LogP contribution in [0.25, 0.3) is 27.8 Å². The third-order valence-electron chi connectivity index (χ3n) is 7.11. The molecule has 0 aliphatic heterocycles. The Bertz CT molecular complexity index is 1500. The number of hydrogen-bond acceptors (Lipinski definition) is 5. The molecule has 0 unspecified atom stereocenters. The highest BCUT2D eigenvalue weighted by Gasteiger charge is 2.28. The highest BCUT2D eigenvalue weighted by atomic mass is 19.1. The van der Waals surface area contributed by atoms with Gasteiger partial charge in [0.2, 0.25) is 5.91 Å². The van der Waals surface area contributed by atoms with E-state index < -0.39 is 5.97 Å². The van der Waals surface area contributed by atoms with Crippen LogP contribution in [-0.4, -0.2) is 33.8 Å². The van der Waals surface area contributed by atoms with Crippen molar-refractivity contribution < 1.29 is 18.7 Å². The number of hydrogen-bond donors (Lipinski definition) is 0. The molecule has 2 heterocycles. The quantitative estimate of drug-likeness (QED) is 0.256. The first-order valence-electron chi connectivity index (χ1n) is 12.5. The van der Waals surface area contributed by atoms with Crippen LogP contribution in [0.1, 0.15) is 43.2 Å². The number of anilines is 1. The summed E-state index contributed by atoms with van der Waals surface area (Å²) in [5.74, 6) is -0.907. The van der Waals surface area contributed by atoms with E-state index in [4.69, 9.17) is 0 Å². The summed E-state index contributed by atoms with van der Waals surface area (Å²) in [4.78, 5) is 31.5. The number of methoxy groups -OCH3 is 1. The van der Waals surface area contributed by atoms with Gasteiger partial charge in [0.1, 0.15) is 5.52 Å². The first-order chi connectivity index (χ1) is 18.0. The summed E-state index contributed by atoms with van der Waals surface area (Å²) < 4.78 is 22.1. The SMILES string of the molecule is COC(=O)C=Cc1cncc(N(Cc2cccc3cc4cnn(C)c4c(F)c23)C(=O)C2CCCCC2)c1. The van der Waals surface area contributed by atoms with E-state index in [9.17, 15) is 9.59 Å². The lowest BCUT2D eigenvalue weighted by Crippen LogP contribution is -2.37. The van der Waals surface area contributed by atoms with Gasteiger partial charge < -0.3 is 9.64 Å². The zero-order chi connectivity index (χ0) is 25.9. The van der Waals surface area contributed by atoms with Crippen molar-refractivity contribution in [3.63, 3.8) is 0 Å². The zero-order valence-corrected chi connectivity index (χ0v) is 21.0. The number of carbonyl (C=O) groups is 2. The molecule has 0 bridgehead atoms. The first kappa shape index (κ1) is 24.6. The summed E-state index contributed by atoms with van der Waals surface area (Å²) in [7, 11) is 3.03. The number of aromatic nitrogens is 3. The monoisotopic (exact) mass is 500 g/mol. The van der Waals surface area contributed by atoms with Crippen LogP contribution in [0.4, 0.5) is 10.1 Å². The van der Waals surface area contributed by atoms with Gasteiger partial charge in [0, 0.05) is 36.0 Å². The number of aryl methyl sites for hydroxylation is 1. The van der Waals surface area contributed by atoms with Crippen molar-refractivity contribution in [1.29, 1.82) is 0 Å². The molecule has 1 aliphatic rings. The van der Waals surface area contributed by atoms with Crippen molar-refractivity contribution in [1.82, 2.24) is 14.8 Å². The number of nitrogens with zero attached hydrogens (tertiary/aromatic N) is 4. The Morgan fingerprint density at radius 2 is 1.95 bits per heavy atom. The molecule has 1 fully saturated rings. The fourth-order valence-electron chi connectivity index (χ4n) is 5.21. The molecule has 4 aromatic rings. The van der Waals surface area contributed by atoms with Crippen molar-refractivity contribution in [2.45, 2.75) is 38.6 Å². The van der Waals surface area contributed by atoms with E-state index in [-0.39, 0.29) is 24.2 Å². The molecule has 1 saturated carbocycles. The first-order valence-corrected chi connectivity index (χ1v) is 12.5. The number of rotatable bonds is 6. The Kier molecular flexibility index (Phi) is 6.99. The molecule has 1 aliphatic carbocycles. The molecule has 0 atom stereocenters. The predicted molar refractivity (Wildman–Crippen MR) is 141 cm³/mol. The second-order valence-electron chi connectivity index (χ2n) is 9.50. The third-order valence-corrected chi connectivity index (χ3v) is 7.11. The summed E-state index contributed by atoms with van der Waals surface area (Å²) in [6.07, 6.45) is 12.7. The van der Waals surface area contributed by atoms with Gasteiger partial charge >= 0.3 is 5.97 Å². The van der Waals surface area contributed by atoms with E-state index in [2.05, 4.69) is 14.8 Å². The third kappa shape index (κ3) is 4.96. The van der Waals surface area contributed by atoms with Crippen LogP contribution in [-0.2, 0) is 27.9 Å². The maximum Gasteiger partial charge on any atom is 0.330 e. The van der Waals surface area contributed by atoms with Gasteiger partial charge in [-0.05, 0) is 47.6 Å². The van der Waals surface area contributed by atoms with Crippen LogP contribution >= 0.6 is 0 Å². The molecule has 0 N–H and O–H groups in total. The Labute approximate surface area is 214 Å². The van der Waals surface area contributed by atoms with Gasteiger partial charge in [-0.1, -0.05) is 37.5 Å². The molecular weight excluding hydrogens is 471 g/mol. The topological polar surface area (TPSA) is 77.3 Å². The van der Waals surface area contributed by atoms with E-state index >= 15 is 4.39 Å². The minimum Gasteiger partial charge on any atom is -0.466 e. The molecule has 2 aromatic heterocycles. The number of ether oxygens (including phenoxy) is 1. The van der Waals surface area contributed by atoms with Crippen LogP contribution in [0.15, 0.2) is 55.0 Å². The number of fused-ring (bicyclic) bond motifs is 2. The second-order valence-corrected chi connectivity index (χ2v) is 9.50. The molecule has 5 rings (SSSR count). The average Bonchev–Trinajstić information content (AvgIpc) is 3.31. The van der Waals surface area contributed by atoms with E-state index in [0.717, 1.165) is 42.9 Å². The normalized spacial score (nSPS) is 14.5. The second kappa shape index (κ2) is 10.5. The lowest BCUT2D eigenvalue weighted by molar-refractivity contribution is -0.134. The van der Waals surface area contributed by atoms with Crippen molar-refractivity contribution in [2.75, 3.05) is 12.0 Å².